The zero-order valence-electron chi connectivity index (χ0n) is 5.48. The van der Waals surface area contributed by atoms with E-state index in [1.165, 1.54) is 6.07 Å². The molecular formula is C7H5ClFIO. The summed E-state index contributed by atoms with van der Waals surface area (Å²) in [5, 5.41) is 0.438. The van der Waals surface area contributed by atoms with Crippen molar-refractivity contribution < 1.29 is 9.18 Å². The van der Waals surface area contributed by atoms with Gasteiger partial charge in [-0.3, -0.25) is 0 Å². The van der Waals surface area contributed by atoms with Gasteiger partial charge in [0.1, 0.15) is 12.6 Å². The minimum absolute atomic E-state index is 0.261. The van der Waals surface area contributed by atoms with Crippen LogP contribution in [-0.2, 0) is 4.79 Å². The molecule has 0 unspecified atom stereocenters. The van der Waals surface area contributed by atoms with Gasteiger partial charge in [-0.25, -0.2) is 4.39 Å². The lowest BCUT2D eigenvalue weighted by atomic mass is 10.4. The molecule has 1 aromatic carbocycles. The van der Waals surface area contributed by atoms with Crippen molar-refractivity contribution in [2.45, 2.75) is 0 Å². The molecule has 0 aromatic heterocycles. The van der Waals surface area contributed by atoms with Crippen molar-refractivity contribution >= 4 is 41.0 Å². The number of hydrogen-bond acceptors (Lipinski definition) is 1. The van der Waals surface area contributed by atoms with Gasteiger partial charge in [0.25, 0.3) is 0 Å². The van der Waals surface area contributed by atoms with E-state index in [4.69, 9.17) is 16.4 Å². The third-order valence-corrected chi connectivity index (χ3v) is 1.99. The molecule has 1 nitrogen and oxygen atoms in total. The maximum atomic E-state index is 12.5. The van der Waals surface area contributed by atoms with Crippen LogP contribution in [0.1, 0.15) is 0 Å². The van der Waals surface area contributed by atoms with Crippen LogP contribution in [-0.4, -0.2) is 6.79 Å². The Hall–Kier alpha value is -0.160. The van der Waals surface area contributed by atoms with E-state index >= 15 is 0 Å². The number of carbonyl (C=O) groups excluding carboxylic acids is 1. The van der Waals surface area contributed by atoms with Crippen molar-refractivity contribution in [1.29, 1.82) is 0 Å². The van der Waals surface area contributed by atoms with E-state index in [0.29, 0.717) is 8.59 Å². The van der Waals surface area contributed by atoms with Crippen LogP contribution in [0.2, 0.25) is 5.02 Å². The van der Waals surface area contributed by atoms with Crippen molar-refractivity contribution in [2.24, 2.45) is 0 Å². The topological polar surface area (TPSA) is 17.1 Å². The van der Waals surface area contributed by atoms with Gasteiger partial charge in [-0.2, -0.15) is 0 Å². The van der Waals surface area contributed by atoms with Gasteiger partial charge in [-0.1, -0.05) is 11.6 Å². The predicted octanol–water partition coefficient (Wildman–Crippen LogP) is 2.90. The van der Waals surface area contributed by atoms with Gasteiger partial charge in [0.15, 0.2) is 0 Å². The Balaban J connectivity index is 0.000000461. The first kappa shape index (κ1) is 10.8. The molecule has 0 saturated heterocycles. The second-order valence-electron chi connectivity index (χ2n) is 1.56. The monoisotopic (exact) mass is 286 g/mol. The standard InChI is InChI=1S/C6H3ClFI.CH2O/c7-4-1-2-6(9)5(8)3-4;1-2/h1-3H;1H2. The zero-order chi connectivity index (χ0) is 8.85. The summed E-state index contributed by atoms with van der Waals surface area (Å²) < 4.78 is 13.1. The van der Waals surface area contributed by atoms with Gasteiger partial charge in [0.05, 0.1) is 0 Å². The van der Waals surface area contributed by atoms with E-state index in [-0.39, 0.29) is 5.82 Å². The quantitative estimate of drug-likeness (QED) is 0.529. The molecule has 0 amide bonds. The number of rotatable bonds is 0. The minimum atomic E-state index is -0.261. The van der Waals surface area contributed by atoms with E-state index in [2.05, 4.69) is 0 Å². The highest BCUT2D eigenvalue weighted by atomic mass is 127. The molecule has 0 spiro atoms. The van der Waals surface area contributed by atoms with E-state index in [9.17, 15) is 4.39 Å². The lowest BCUT2D eigenvalue weighted by molar-refractivity contribution is -0.0979. The summed E-state index contributed by atoms with van der Waals surface area (Å²) >= 11 is 7.38. The molecule has 0 radical (unpaired) electrons. The van der Waals surface area contributed by atoms with Crippen LogP contribution in [0.4, 0.5) is 4.39 Å². The van der Waals surface area contributed by atoms with Gasteiger partial charge < -0.3 is 4.79 Å². The van der Waals surface area contributed by atoms with Gasteiger partial charge in [0.2, 0.25) is 0 Å². The van der Waals surface area contributed by atoms with Crippen molar-refractivity contribution in [1.82, 2.24) is 0 Å². The van der Waals surface area contributed by atoms with E-state index < -0.39 is 0 Å². The Labute approximate surface area is 82.7 Å². The summed E-state index contributed by atoms with van der Waals surface area (Å²) in [4.78, 5) is 8.00. The van der Waals surface area contributed by atoms with E-state index in [0.717, 1.165) is 0 Å². The molecule has 0 aliphatic heterocycles. The normalized spacial score (nSPS) is 8.27. The van der Waals surface area contributed by atoms with Crippen molar-refractivity contribution in [3.63, 3.8) is 0 Å². The van der Waals surface area contributed by atoms with Crippen LogP contribution >= 0.6 is 34.2 Å². The average Bonchev–Trinajstić information content (AvgIpc) is 2.02. The summed E-state index contributed by atoms with van der Waals surface area (Å²) in [5.74, 6) is -0.261. The van der Waals surface area contributed by atoms with Crippen LogP contribution in [0.5, 0.6) is 0 Å². The summed E-state index contributed by atoms with van der Waals surface area (Å²) in [7, 11) is 0. The lowest BCUT2D eigenvalue weighted by Crippen LogP contribution is -1.77. The van der Waals surface area contributed by atoms with Gasteiger partial charge >= 0.3 is 0 Å². The first-order chi connectivity index (χ1) is 5.20. The third kappa shape index (κ3) is 3.67. The van der Waals surface area contributed by atoms with Gasteiger partial charge in [-0.05, 0) is 40.8 Å². The largest absolute Gasteiger partial charge is 0.307 e. The minimum Gasteiger partial charge on any atom is -0.307 e. The maximum Gasteiger partial charge on any atom is 0.137 e. The van der Waals surface area contributed by atoms with Crippen molar-refractivity contribution in [2.75, 3.05) is 0 Å². The molecule has 0 saturated carbocycles. The Kier molecular flexibility index (Phi) is 5.41. The van der Waals surface area contributed by atoms with Crippen LogP contribution in [0.3, 0.4) is 0 Å². The van der Waals surface area contributed by atoms with Crippen LogP contribution in [0, 0.1) is 9.39 Å². The molecule has 0 aliphatic carbocycles. The zero-order valence-corrected chi connectivity index (χ0v) is 8.39. The third-order valence-electron chi connectivity index (χ3n) is 0.882. The molecule has 4 heteroatoms. The fourth-order valence-corrected chi connectivity index (χ4v) is 0.965. The summed E-state index contributed by atoms with van der Waals surface area (Å²) in [5.41, 5.74) is 0. The predicted molar refractivity (Wildman–Crippen MR) is 51.2 cm³/mol. The fraction of sp³-hybridized carbons (Fsp3) is 0. The summed E-state index contributed by atoms with van der Waals surface area (Å²) in [6.45, 7) is 2.00. The summed E-state index contributed by atoms with van der Waals surface area (Å²) in [6.07, 6.45) is 0. The Morgan fingerprint density at radius 1 is 1.45 bits per heavy atom. The molecule has 0 N–H and O–H groups in total. The Morgan fingerprint density at radius 2 is 2.00 bits per heavy atom. The lowest BCUT2D eigenvalue weighted by Gasteiger charge is -1.91. The highest BCUT2D eigenvalue weighted by molar-refractivity contribution is 14.1. The van der Waals surface area contributed by atoms with E-state index in [1.807, 2.05) is 29.4 Å². The summed E-state index contributed by atoms with van der Waals surface area (Å²) in [6, 6.07) is 4.59. The molecule has 0 aliphatic rings. The van der Waals surface area contributed by atoms with E-state index in [1.54, 1.807) is 12.1 Å². The Bertz CT molecular complexity index is 242. The van der Waals surface area contributed by atoms with Crippen LogP contribution < -0.4 is 0 Å². The molecule has 0 fully saturated rings. The maximum absolute atomic E-state index is 12.5. The number of halogens is 3. The average molecular weight is 286 g/mol. The second kappa shape index (κ2) is 5.49. The smallest absolute Gasteiger partial charge is 0.137 e. The number of hydrogen-bond donors (Lipinski definition) is 0. The molecular weight excluding hydrogens is 281 g/mol. The highest BCUT2D eigenvalue weighted by Crippen LogP contribution is 2.15. The highest BCUT2D eigenvalue weighted by Gasteiger charge is 1.96. The molecule has 0 heterocycles. The molecule has 1 aromatic rings. The van der Waals surface area contributed by atoms with Crippen LogP contribution in [0.25, 0.3) is 0 Å². The SMILES string of the molecule is C=O.Fc1cc(Cl)ccc1I. The number of benzene rings is 1. The van der Waals surface area contributed by atoms with Crippen LogP contribution in [0.15, 0.2) is 18.2 Å². The fourth-order valence-electron chi connectivity index (χ4n) is 0.470. The Morgan fingerprint density at radius 3 is 2.36 bits per heavy atom. The number of carbonyl (C=O) groups is 1. The van der Waals surface area contributed by atoms with Crippen molar-refractivity contribution in [3.05, 3.63) is 32.6 Å². The molecule has 1 rings (SSSR count). The molecule has 0 bridgehead atoms. The second-order valence-corrected chi connectivity index (χ2v) is 3.16. The first-order valence-corrected chi connectivity index (χ1v) is 4.05. The molecule has 0 atom stereocenters. The molecule has 60 valence electrons. The van der Waals surface area contributed by atoms with Gasteiger partial charge in [-0.15, -0.1) is 0 Å². The first-order valence-electron chi connectivity index (χ1n) is 2.59. The van der Waals surface area contributed by atoms with Crippen molar-refractivity contribution in [3.8, 4) is 0 Å². The van der Waals surface area contributed by atoms with Gasteiger partial charge in [0, 0.05) is 8.59 Å². The molecule has 11 heavy (non-hydrogen) atoms.